The number of para-hydroxylation sites is 1. The molecular weight excluding hydrogens is 322 g/mol. The van der Waals surface area contributed by atoms with Crippen molar-refractivity contribution in [2.24, 2.45) is 0 Å². The van der Waals surface area contributed by atoms with E-state index >= 15 is 0 Å². The molecule has 20 heavy (non-hydrogen) atoms. The van der Waals surface area contributed by atoms with Crippen LogP contribution in [0.15, 0.2) is 28.7 Å². The lowest BCUT2D eigenvalue weighted by Crippen LogP contribution is -2.31. The highest BCUT2D eigenvalue weighted by molar-refractivity contribution is 9.10. The van der Waals surface area contributed by atoms with Crippen molar-refractivity contribution in [1.29, 1.82) is 0 Å². The molecule has 0 aromatic heterocycles. The number of nitrogens with zero attached hydrogens (tertiary/aromatic N) is 1. The normalized spacial score (nSPS) is 10.8. The van der Waals surface area contributed by atoms with Gasteiger partial charge in [0.1, 0.15) is 0 Å². The second-order valence-electron chi connectivity index (χ2n) is 4.62. The summed E-state index contributed by atoms with van der Waals surface area (Å²) in [7, 11) is 4.02. The Morgan fingerprint density at radius 3 is 2.75 bits per heavy atom. The van der Waals surface area contributed by atoms with E-state index in [9.17, 15) is 4.79 Å². The number of halogens is 1. The molecule has 1 aromatic carbocycles. The molecule has 5 nitrogen and oxygen atoms in total. The Morgan fingerprint density at radius 2 is 2.05 bits per heavy atom. The Kier molecular flexibility index (Phi) is 8.45. The number of carbonyl (C=O) groups excluding carboxylic acids is 1. The predicted octanol–water partition coefficient (Wildman–Crippen LogP) is 1.56. The number of carbonyl (C=O) groups is 1. The lowest BCUT2D eigenvalue weighted by molar-refractivity contribution is -0.115. The molecule has 0 radical (unpaired) electrons. The van der Waals surface area contributed by atoms with Crippen molar-refractivity contribution in [3.05, 3.63) is 28.7 Å². The van der Waals surface area contributed by atoms with Gasteiger partial charge in [-0.25, -0.2) is 0 Å². The van der Waals surface area contributed by atoms with Crippen LogP contribution in [0, 0.1) is 0 Å². The number of benzene rings is 1. The van der Waals surface area contributed by atoms with Crippen molar-refractivity contribution in [1.82, 2.24) is 10.2 Å². The van der Waals surface area contributed by atoms with Gasteiger partial charge in [-0.1, -0.05) is 12.1 Å². The van der Waals surface area contributed by atoms with Crippen LogP contribution in [0.5, 0.6) is 0 Å². The van der Waals surface area contributed by atoms with Crippen molar-refractivity contribution in [3.8, 4) is 0 Å². The molecule has 1 rings (SSSR count). The Labute approximate surface area is 128 Å². The summed E-state index contributed by atoms with van der Waals surface area (Å²) in [6.07, 6.45) is 0. The van der Waals surface area contributed by atoms with Gasteiger partial charge in [-0.05, 0) is 42.2 Å². The number of nitrogens with one attached hydrogen (secondary N) is 2. The second kappa shape index (κ2) is 9.88. The summed E-state index contributed by atoms with van der Waals surface area (Å²) >= 11 is 3.39. The van der Waals surface area contributed by atoms with E-state index in [1.807, 2.05) is 38.4 Å². The van der Waals surface area contributed by atoms with Crippen molar-refractivity contribution >= 4 is 27.5 Å². The third kappa shape index (κ3) is 7.59. The quantitative estimate of drug-likeness (QED) is 0.668. The molecule has 0 atom stereocenters. The third-order valence-corrected chi connectivity index (χ3v) is 3.23. The van der Waals surface area contributed by atoms with Crippen LogP contribution < -0.4 is 10.6 Å². The number of likely N-dealkylation sites (N-methyl/N-ethyl adjacent to an activating group) is 1. The van der Waals surface area contributed by atoms with Crippen LogP contribution >= 0.6 is 15.9 Å². The van der Waals surface area contributed by atoms with Crippen LogP contribution in [0.1, 0.15) is 0 Å². The monoisotopic (exact) mass is 343 g/mol. The Hall–Kier alpha value is -0.950. The maximum absolute atomic E-state index is 11.7. The number of amides is 1. The minimum Gasteiger partial charge on any atom is -0.379 e. The molecule has 0 saturated carbocycles. The molecule has 0 fully saturated rings. The summed E-state index contributed by atoms with van der Waals surface area (Å²) in [4.78, 5) is 13.8. The third-order valence-electron chi connectivity index (χ3n) is 2.54. The first-order valence-electron chi connectivity index (χ1n) is 6.57. The van der Waals surface area contributed by atoms with E-state index in [0.29, 0.717) is 19.8 Å². The van der Waals surface area contributed by atoms with Crippen LogP contribution in [0.3, 0.4) is 0 Å². The van der Waals surface area contributed by atoms with Crippen LogP contribution in [-0.4, -0.2) is 57.8 Å². The van der Waals surface area contributed by atoms with Crippen LogP contribution in [0.4, 0.5) is 5.69 Å². The fourth-order valence-electron chi connectivity index (χ4n) is 1.45. The van der Waals surface area contributed by atoms with Gasteiger partial charge in [0.15, 0.2) is 0 Å². The molecule has 6 heteroatoms. The lowest BCUT2D eigenvalue weighted by atomic mass is 10.3. The van der Waals surface area contributed by atoms with Crippen LogP contribution in [-0.2, 0) is 9.53 Å². The maximum Gasteiger partial charge on any atom is 0.238 e. The minimum atomic E-state index is -0.0646. The van der Waals surface area contributed by atoms with Gasteiger partial charge >= 0.3 is 0 Å². The summed E-state index contributed by atoms with van der Waals surface area (Å²) in [5.74, 6) is -0.0646. The van der Waals surface area contributed by atoms with Crippen molar-refractivity contribution in [2.45, 2.75) is 0 Å². The van der Waals surface area contributed by atoms with Gasteiger partial charge in [0.25, 0.3) is 0 Å². The molecule has 1 amide bonds. The van der Waals surface area contributed by atoms with Gasteiger partial charge in [-0.3, -0.25) is 4.79 Å². The SMILES string of the molecule is CN(C)CCOCCNCC(=O)Nc1ccccc1Br. The van der Waals surface area contributed by atoms with E-state index in [4.69, 9.17) is 4.74 Å². The number of anilines is 1. The highest BCUT2D eigenvalue weighted by Crippen LogP contribution is 2.20. The van der Waals surface area contributed by atoms with E-state index in [0.717, 1.165) is 16.7 Å². The molecule has 0 aliphatic carbocycles. The number of rotatable bonds is 9. The predicted molar refractivity (Wildman–Crippen MR) is 85.0 cm³/mol. The Bertz CT molecular complexity index is 413. The number of hydrogen-bond donors (Lipinski definition) is 2. The van der Waals surface area contributed by atoms with Gasteiger partial charge in [0, 0.05) is 17.6 Å². The molecule has 0 heterocycles. The van der Waals surface area contributed by atoms with E-state index < -0.39 is 0 Å². The highest BCUT2D eigenvalue weighted by atomic mass is 79.9. The van der Waals surface area contributed by atoms with Gasteiger partial charge in [-0.2, -0.15) is 0 Å². The van der Waals surface area contributed by atoms with Crippen molar-refractivity contribution in [2.75, 3.05) is 52.3 Å². The van der Waals surface area contributed by atoms with Gasteiger partial charge < -0.3 is 20.3 Å². The van der Waals surface area contributed by atoms with E-state index in [-0.39, 0.29) is 12.5 Å². The molecule has 0 bridgehead atoms. The summed E-state index contributed by atoms with van der Waals surface area (Å²) in [6, 6.07) is 7.53. The fourth-order valence-corrected chi connectivity index (χ4v) is 1.84. The zero-order chi connectivity index (χ0) is 14.8. The van der Waals surface area contributed by atoms with Gasteiger partial charge in [-0.15, -0.1) is 0 Å². The molecule has 0 aliphatic heterocycles. The summed E-state index contributed by atoms with van der Waals surface area (Å²) in [5.41, 5.74) is 0.779. The van der Waals surface area contributed by atoms with Gasteiger partial charge in [0.2, 0.25) is 5.91 Å². The molecule has 0 unspecified atom stereocenters. The van der Waals surface area contributed by atoms with Crippen LogP contribution in [0.25, 0.3) is 0 Å². The average Bonchev–Trinajstić information content (AvgIpc) is 2.40. The Balaban J connectivity index is 2.08. The van der Waals surface area contributed by atoms with Gasteiger partial charge in [0.05, 0.1) is 25.4 Å². The molecule has 0 saturated heterocycles. The molecule has 2 N–H and O–H groups in total. The second-order valence-corrected chi connectivity index (χ2v) is 5.47. The lowest BCUT2D eigenvalue weighted by Gasteiger charge is -2.10. The molecule has 0 aliphatic rings. The fraction of sp³-hybridized carbons (Fsp3) is 0.500. The molecule has 0 spiro atoms. The molecule has 112 valence electrons. The van der Waals surface area contributed by atoms with E-state index in [2.05, 4.69) is 31.5 Å². The largest absolute Gasteiger partial charge is 0.379 e. The van der Waals surface area contributed by atoms with Crippen molar-refractivity contribution in [3.63, 3.8) is 0 Å². The number of hydrogen-bond acceptors (Lipinski definition) is 4. The molecule has 1 aromatic rings. The first-order valence-corrected chi connectivity index (χ1v) is 7.36. The first-order chi connectivity index (χ1) is 9.59. The number of ether oxygens (including phenoxy) is 1. The van der Waals surface area contributed by atoms with E-state index in [1.54, 1.807) is 0 Å². The standard InChI is InChI=1S/C14H22BrN3O2/c1-18(2)8-10-20-9-7-16-11-14(19)17-13-6-4-3-5-12(13)15/h3-6,16H,7-11H2,1-2H3,(H,17,19). The van der Waals surface area contributed by atoms with Crippen LogP contribution in [0.2, 0.25) is 0 Å². The topological polar surface area (TPSA) is 53.6 Å². The highest BCUT2D eigenvalue weighted by Gasteiger charge is 2.04. The average molecular weight is 344 g/mol. The first kappa shape index (κ1) is 17.1. The van der Waals surface area contributed by atoms with Crippen molar-refractivity contribution < 1.29 is 9.53 Å². The zero-order valence-corrected chi connectivity index (χ0v) is 13.6. The zero-order valence-electron chi connectivity index (χ0n) is 12.0. The Morgan fingerprint density at radius 1 is 1.30 bits per heavy atom. The van der Waals surface area contributed by atoms with E-state index in [1.165, 1.54) is 0 Å². The smallest absolute Gasteiger partial charge is 0.238 e. The minimum absolute atomic E-state index is 0.0646. The summed E-state index contributed by atoms with van der Waals surface area (Å²) < 4.78 is 6.30. The molecular formula is C14H22BrN3O2. The summed E-state index contributed by atoms with van der Waals surface area (Å²) in [6.45, 7) is 3.16. The maximum atomic E-state index is 11.7. The summed E-state index contributed by atoms with van der Waals surface area (Å²) in [5, 5.41) is 5.88.